The third-order valence-corrected chi connectivity index (χ3v) is 11.6. The second-order valence-corrected chi connectivity index (χ2v) is 18.1. The van der Waals surface area contributed by atoms with E-state index in [9.17, 15) is 24.0 Å². The molecule has 61 heavy (non-hydrogen) atoms. The molecule has 0 fully saturated rings. The van der Waals surface area contributed by atoms with Gasteiger partial charge < -0.3 is 35.4 Å². The first-order chi connectivity index (χ1) is 29.3. The van der Waals surface area contributed by atoms with Gasteiger partial charge in [0.1, 0.15) is 5.60 Å². The number of rotatable bonds is 43. The molecule has 0 bridgehead atoms. The number of carbonyl (C=O) groups excluding carboxylic acids is 4. The Bertz CT molecular complexity index is 1120. The van der Waals surface area contributed by atoms with Crippen LogP contribution in [0.4, 0.5) is 4.79 Å². The smallest absolute Gasteiger partial charge is 0.407 e. The molecule has 0 aromatic carbocycles. The van der Waals surface area contributed by atoms with Gasteiger partial charge in [-0.3, -0.25) is 19.2 Å². The van der Waals surface area contributed by atoms with E-state index < -0.39 is 17.7 Å². The van der Waals surface area contributed by atoms with Crippen molar-refractivity contribution >= 4 is 29.8 Å². The Morgan fingerprint density at radius 3 is 1.56 bits per heavy atom. The number of aliphatic carboxylic acids is 1. The SMILES string of the molecule is CCCCCCC(CCCC)CCC(C)(C)OC(=O)NCCN(CCC(=O)NCCCCCC(=O)O)CCC(=O)NCCCCCC(=O)OCC(CCCC)CCCCCC. The fourth-order valence-corrected chi connectivity index (χ4v) is 7.57. The summed E-state index contributed by atoms with van der Waals surface area (Å²) in [6, 6.07) is 0. The molecule has 0 aromatic heterocycles. The molecule has 12 nitrogen and oxygen atoms in total. The maximum absolute atomic E-state index is 12.9. The maximum Gasteiger partial charge on any atom is 0.407 e. The quantitative estimate of drug-likeness (QED) is 0.0345. The van der Waals surface area contributed by atoms with Crippen molar-refractivity contribution < 1.29 is 38.6 Å². The Kier molecular flexibility index (Phi) is 38.0. The highest BCUT2D eigenvalue weighted by Crippen LogP contribution is 2.27. The molecule has 4 N–H and O–H groups in total. The topological polar surface area (TPSA) is 163 Å². The molecule has 0 aliphatic rings. The van der Waals surface area contributed by atoms with Crippen LogP contribution in [0.1, 0.15) is 221 Å². The second kappa shape index (κ2) is 39.9. The third kappa shape index (κ3) is 38.5. The summed E-state index contributed by atoms with van der Waals surface area (Å²) in [4.78, 5) is 63.5. The van der Waals surface area contributed by atoms with Crippen LogP contribution in [0.2, 0.25) is 0 Å². The summed E-state index contributed by atoms with van der Waals surface area (Å²) in [6.45, 7) is 16.0. The minimum absolute atomic E-state index is 0.0796. The average Bonchev–Trinajstić information content (AvgIpc) is 3.22. The van der Waals surface area contributed by atoms with Crippen molar-refractivity contribution in [2.45, 2.75) is 227 Å². The summed E-state index contributed by atoms with van der Waals surface area (Å²) in [6.07, 6.45) is 26.2. The molecule has 0 rings (SSSR count). The fourth-order valence-electron chi connectivity index (χ4n) is 7.57. The van der Waals surface area contributed by atoms with Gasteiger partial charge in [-0.25, -0.2) is 4.79 Å². The van der Waals surface area contributed by atoms with E-state index >= 15 is 0 Å². The summed E-state index contributed by atoms with van der Waals surface area (Å²) >= 11 is 0. The first-order valence-corrected chi connectivity index (χ1v) is 25.0. The van der Waals surface area contributed by atoms with E-state index in [1.165, 1.54) is 83.5 Å². The van der Waals surface area contributed by atoms with Gasteiger partial charge in [0, 0.05) is 65.0 Å². The maximum atomic E-state index is 12.9. The largest absolute Gasteiger partial charge is 0.481 e. The number of nitrogens with zero attached hydrogens (tertiary/aromatic N) is 1. The number of carboxylic acid groups (broad SMARTS) is 1. The van der Waals surface area contributed by atoms with Gasteiger partial charge in [-0.05, 0) is 77.0 Å². The van der Waals surface area contributed by atoms with Crippen LogP contribution in [0, 0.1) is 11.8 Å². The molecular weight excluding hydrogens is 773 g/mol. The zero-order valence-corrected chi connectivity index (χ0v) is 40.2. The normalized spacial score (nSPS) is 12.5. The highest BCUT2D eigenvalue weighted by atomic mass is 16.6. The van der Waals surface area contributed by atoms with Crippen molar-refractivity contribution in [3.8, 4) is 0 Å². The molecular formula is C49H94N4O8. The van der Waals surface area contributed by atoms with Crippen LogP contribution in [0.5, 0.6) is 0 Å². The Morgan fingerprint density at radius 1 is 0.525 bits per heavy atom. The third-order valence-electron chi connectivity index (χ3n) is 11.6. The van der Waals surface area contributed by atoms with Crippen LogP contribution in [0.3, 0.4) is 0 Å². The van der Waals surface area contributed by atoms with E-state index in [2.05, 4.69) is 43.6 Å². The molecule has 0 spiro atoms. The predicted molar refractivity (Wildman–Crippen MR) is 249 cm³/mol. The predicted octanol–water partition coefficient (Wildman–Crippen LogP) is 10.9. The van der Waals surface area contributed by atoms with Gasteiger partial charge in [0.2, 0.25) is 11.8 Å². The molecule has 0 radical (unpaired) electrons. The molecule has 0 saturated carbocycles. The molecule has 358 valence electrons. The van der Waals surface area contributed by atoms with Crippen LogP contribution in [-0.2, 0) is 28.7 Å². The van der Waals surface area contributed by atoms with Gasteiger partial charge in [-0.2, -0.15) is 0 Å². The van der Waals surface area contributed by atoms with Crippen LogP contribution in [0.15, 0.2) is 0 Å². The zero-order chi connectivity index (χ0) is 45.4. The summed E-state index contributed by atoms with van der Waals surface area (Å²) < 4.78 is 11.5. The molecule has 12 heteroatoms. The number of esters is 1. The van der Waals surface area contributed by atoms with E-state index in [0.717, 1.165) is 57.8 Å². The molecule has 0 aliphatic heterocycles. The van der Waals surface area contributed by atoms with Crippen molar-refractivity contribution in [2.75, 3.05) is 45.9 Å². The van der Waals surface area contributed by atoms with E-state index in [0.29, 0.717) is 77.0 Å². The van der Waals surface area contributed by atoms with Gasteiger partial charge in [0.15, 0.2) is 0 Å². The Hall–Kier alpha value is -2.89. The lowest BCUT2D eigenvalue weighted by Crippen LogP contribution is -2.41. The number of alkyl carbamates (subject to hydrolysis) is 1. The zero-order valence-electron chi connectivity index (χ0n) is 40.2. The average molecular weight is 867 g/mol. The number of unbranched alkanes of at least 4 members (excludes halogenated alkanes) is 12. The number of ether oxygens (including phenoxy) is 2. The number of carboxylic acids is 1. The minimum Gasteiger partial charge on any atom is -0.481 e. The molecule has 0 saturated heterocycles. The lowest BCUT2D eigenvalue weighted by atomic mass is 9.87. The number of carbonyl (C=O) groups is 5. The molecule has 2 unspecified atom stereocenters. The highest BCUT2D eigenvalue weighted by Gasteiger charge is 2.25. The highest BCUT2D eigenvalue weighted by molar-refractivity contribution is 5.76. The van der Waals surface area contributed by atoms with Crippen LogP contribution in [-0.4, -0.2) is 91.3 Å². The van der Waals surface area contributed by atoms with Crippen molar-refractivity contribution in [2.24, 2.45) is 11.8 Å². The Labute approximate surface area is 372 Å². The number of hydrogen-bond donors (Lipinski definition) is 4. The van der Waals surface area contributed by atoms with Crippen LogP contribution in [0.25, 0.3) is 0 Å². The molecule has 0 heterocycles. The standard InChI is InChI=1S/C49H94N4O8/c1-7-11-15-19-27-42(25-13-9-3)31-34-49(5,6)61-48(59)52-37-40-53(38-32-44(54)50-35-23-17-21-29-46(56)57)39-33-45(55)51-36-24-18-22-30-47(58)60-41-43(26-14-10-4)28-20-16-12-8-2/h42-43H,7-41H2,1-6H3,(H,50,54)(H,51,55)(H,52,59)(H,56,57). The van der Waals surface area contributed by atoms with Crippen LogP contribution < -0.4 is 16.0 Å². The Morgan fingerprint density at radius 2 is 1.02 bits per heavy atom. The second-order valence-electron chi connectivity index (χ2n) is 18.1. The lowest BCUT2D eigenvalue weighted by Gasteiger charge is -2.28. The Balaban J connectivity index is 4.84. The number of nitrogens with one attached hydrogen (secondary N) is 3. The number of hydrogen-bond acceptors (Lipinski definition) is 8. The van der Waals surface area contributed by atoms with Crippen LogP contribution >= 0.6 is 0 Å². The summed E-state index contributed by atoms with van der Waals surface area (Å²) in [7, 11) is 0. The number of amides is 3. The molecule has 3 amide bonds. The minimum atomic E-state index is -0.813. The lowest BCUT2D eigenvalue weighted by molar-refractivity contribution is -0.145. The summed E-state index contributed by atoms with van der Waals surface area (Å²) in [5.41, 5.74) is -0.588. The van der Waals surface area contributed by atoms with E-state index in [4.69, 9.17) is 14.6 Å². The van der Waals surface area contributed by atoms with Crippen molar-refractivity contribution in [1.82, 2.24) is 20.9 Å². The van der Waals surface area contributed by atoms with Gasteiger partial charge in [0.05, 0.1) is 6.61 Å². The first-order valence-electron chi connectivity index (χ1n) is 25.0. The van der Waals surface area contributed by atoms with Gasteiger partial charge in [0.25, 0.3) is 0 Å². The first kappa shape index (κ1) is 58.1. The van der Waals surface area contributed by atoms with E-state index in [1.807, 2.05) is 18.7 Å². The summed E-state index contributed by atoms with van der Waals surface area (Å²) in [5.74, 6) is -0.0193. The van der Waals surface area contributed by atoms with Crippen molar-refractivity contribution in [3.63, 3.8) is 0 Å². The monoisotopic (exact) mass is 867 g/mol. The van der Waals surface area contributed by atoms with Gasteiger partial charge in [-0.15, -0.1) is 0 Å². The fraction of sp³-hybridized carbons (Fsp3) is 0.898. The van der Waals surface area contributed by atoms with Crippen molar-refractivity contribution in [3.05, 3.63) is 0 Å². The van der Waals surface area contributed by atoms with Crippen molar-refractivity contribution in [1.29, 1.82) is 0 Å². The van der Waals surface area contributed by atoms with Gasteiger partial charge in [-0.1, -0.05) is 130 Å². The van der Waals surface area contributed by atoms with E-state index in [1.54, 1.807) is 0 Å². The van der Waals surface area contributed by atoms with Gasteiger partial charge >= 0.3 is 18.0 Å². The molecule has 0 aromatic rings. The molecule has 2 atom stereocenters. The van der Waals surface area contributed by atoms with E-state index in [-0.39, 0.29) is 37.0 Å². The summed E-state index contributed by atoms with van der Waals surface area (Å²) in [5, 5.41) is 17.6. The molecule has 0 aliphatic carbocycles.